The number of hydrogen-bond acceptors (Lipinski definition) is 3. The van der Waals surface area contributed by atoms with Gasteiger partial charge >= 0.3 is 0 Å². The number of morpholine rings is 1. The molecule has 1 aromatic rings. The molecule has 0 N–H and O–H groups in total. The van der Waals surface area contributed by atoms with Crippen LogP contribution in [0.15, 0.2) is 24.5 Å². The molecular formula is C20H31N3O2. The first-order chi connectivity index (χ1) is 12.2. The predicted molar refractivity (Wildman–Crippen MR) is 97.4 cm³/mol. The molecule has 0 aromatic carbocycles. The molecular weight excluding hydrogens is 314 g/mol. The van der Waals surface area contributed by atoms with Gasteiger partial charge in [-0.15, -0.1) is 0 Å². The summed E-state index contributed by atoms with van der Waals surface area (Å²) in [6.07, 6.45) is 8.64. The molecule has 5 nitrogen and oxygen atoms in total. The SMILES string of the molecule is C[C@@H]1CN(C(=O)C2CCC(n3cccc3)CC2)C[C@H]1N1CCOCC1. The first-order valence-electron chi connectivity index (χ1n) is 9.95. The van der Waals surface area contributed by atoms with Crippen molar-refractivity contribution >= 4 is 5.91 Å². The van der Waals surface area contributed by atoms with Crippen molar-refractivity contribution in [3.63, 3.8) is 0 Å². The van der Waals surface area contributed by atoms with Gasteiger partial charge in [-0.3, -0.25) is 9.69 Å². The molecule has 2 aliphatic heterocycles. The molecule has 3 aliphatic rings. The lowest BCUT2D eigenvalue weighted by molar-refractivity contribution is -0.136. The molecule has 1 saturated carbocycles. The number of hydrogen-bond donors (Lipinski definition) is 0. The van der Waals surface area contributed by atoms with Crippen LogP contribution in [0.5, 0.6) is 0 Å². The highest BCUT2D eigenvalue weighted by molar-refractivity contribution is 5.79. The lowest BCUT2D eigenvalue weighted by Crippen LogP contribution is -2.47. The third-order valence-electron chi connectivity index (χ3n) is 6.49. The Kier molecular flexibility index (Phi) is 5.13. The second-order valence-corrected chi connectivity index (χ2v) is 8.07. The standard InChI is InChI=1S/C20H31N3O2/c1-16-14-23(15-19(16)22-10-12-25-13-11-22)20(24)17-4-6-18(7-5-17)21-8-2-3-9-21/h2-3,8-9,16-19H,4-7,10-15H2,1H3/t16-,17?,18?,19-/m1/s1. The molecule has 2 saturated heterocycles. The van der Waals surface area contributed by atoms with E-state index in [0.717, 1.165) is 65.1 Å². The Labute approximate surface area is 150 Å². The summed E-state index contributed by atoms with van der Waals surface area (Å²) >= 11 is 0. The van der Waals surface area contributed by atoms with Crippen LogP contribution in [0.3, 0.4) is 0 Å². The maximum Gasteiger partial charge on any atom is 0.225 e. The van der Waals surface area contributed by atoms with Gasteiger partial charge in [-0.25, -0.2) is 0 Å². The van der Waals surface area contributed by atoms with Crippen LogP contribution < -0.4 is 0 Å². The van der Waals surface area contributed by atoms with Crippen molar-refractivity contribution in [2.45, 2.75) is 44.7 Å². The van der Waals surface area contributed by atoms with Crippen LogP contribution in [0.2, 0.25) is 0 Å². The molecule has 4 rings (SSSR count). The van der Waals surface area contributed by atoms with E-state index in [9.17, 15) is 4.79 Å². The van der Waals surface area contributed by atoms with E-state index in [1.807, 2.05) is 0 Å². The summed E-state index contributed by atoms with van der Waals surface area (Å²) in [7, 11) is 0. The largest absolute Gasteiger partial charge is 0.379 e. The van der Waals surface area contributed by atoms with Gasteiger partial charge in [0, 0.05) is 56.6 Å². The van der Waals surface area contributed by atoms with Crippen molar-refractivity contribution in [1.82, 2.24) is 14.4 Å². The Hall–Kier alpha value is -1.33. The Bertz CT molecular complexity index is 560. The minimum Gasteiger partial charge on any atom is -0.379 e. The maximum atomic E-state index is 13.0. The van der Waals surface area contributed by atoms with Gasteiger partial charge in [-0.2, -0.15) is 0 Å². The lowest BCUT2D eigenvalue weighted by atomic mass is 9.85. The number of ether oxygens (including phenoxy) is 1. The monoisotopic (exact) mass is 345 g/mol. The number of carbonyl (C=O) groups excluding carboxylic acids is 1. The highest BCUT2D eigenvalue weighted by atomic mass is 16.5. The van der Waals surface area contributed by atoms with Crippen molar-refractivity contribution in [2.75, 3.05) is 39.4 Å². The molecule has 1 aliphatic carbocycles. The first-order valence-corrected chi connectivity index (χ1v) is 9.95. The zero-order valence-electron chi connectivity index (χ0n) is 15.3. The summed E-state index contributed by atoms with van der Waals surface area (Å²) in [5, 5.41) is 0. The minimum atomic E-state index is 0.238. The maximum absolute atomic E-state index is 13.0. The van der Waals surface area contributed by atoms with Crippen molar-refractivity contribution in [2.24, 2.45) is 11.8 Å². The van der Waals surface area contributed by atoms with Crippen LogP contribution in [0.25, 0.3) is 0 Å². The molecule has 1 amide bonds. The highest BCUT2D eigenvalue weighted by Crippen LogP contribution is 2.34. The second-order valence-electron chi connectivity index (χ2n) is 8.07. The second kappa shape index (κ2) is 7.50. The van der Waals surface area contributed by atoms with E-state index in [-0.39, 0.29) is 5.92 Å². The average molecular weight is 345 g/mol. The first kappa shape index (κ1) is 17.1. The van der Waals surface area contributed by atoms with Crippen molar-refractivity contribution < 1.29 is 9.53 Å². The van der Waals surface area contributed by atoms with E-state index in [4.69, 9.17) is 4.74 Å². The lowest BCUT2D eigenvalue weighted by Gasteiger charge is -2.34. The fraction of sp³-hybridized carbons (Fsp3) is 0.750. The molecule has 5 heteroatoms. The molecule has 0 unspecified atom stereocenters. The molecule has 3 heterocycles. The van der Waals surface area contributed by atoms with Crippen LogP contribution in [-0.4, -0.2) is 65.7 Å². The van der Waals surface area contributed by atoms with Gasteiger partial charge in [0.1, 0.15) is 0 Å². The molecule has 1 aromatic heterocycles. The third-order valence-corrected chi connectivity index (χ3v) is 6.49. The van der Waals surface area contributed by atoms with E-state index < -0.39 is 0 Å². The van der Waals surface area contributed by atoms with Crippen molar-refractivity contribution in [3.8, 4) is 0 Å². The smallest absolute Gasteiger partial charge is 0.225 e. The van der Waals surface area contributed by atoms with Crippen molar-refractivity contribution in [1.29, 1.82) is 0 Å². The normalized spacial score (nSPS) is 34.4. The zero-order valence-corrected chi connectivity index (χ0v) is 15.3. The van der Waals surface area contributed by atoms with Crippen LogP contribution >= 0.6 is 0 Å². The summed E-state index contributed by atoms with van der Waals surface area (Å²) < 4.78 is 7.79. The molecule has 3 fully saturated rings. The zero-order chi connectivity index (χ0) is 17.2. The quantitative estimate of drug-likeness (QED) is 0.844. The van der Waals surface area contributed by atoms with Crippen LogP contribution in [0.1, 0.15) is 38.6 Å². The summed E-state index contributed by atoms with van der Waals surface area (Å²) in [4.78, 5) is 17.7. The number of likely N-dealkylation sites (tertiary alicyclic amines) is 1. The van der Waals surface area contributed by atoms with Gasteiger partial charge < -0.3 is 14.2 Å². The Morgan fingerprint density at radius 1 is 1.00 bits per heavy atom. The Balaban J connectivity index is 1.31. The Morgan fingerprint density at radius 3 is 2.36 bits per heavy atom. The molecule has 0 radical (unpaired) electrons. The summed E-state index contributed by atoms with van der Waals surface area (Å²) in [5.74, 6) is 1.22. The molecule has 0 spiro atoms. The average Bonchev–Trinajstić information content (AvgIpc) is 3.32. The summed E-state index contributed by atoms with van der Waals surface area (Å²) in [6, 6.07) is 5.28. The predicted octanol–water partition coefficient (Wildman–Crippen LogP) is 2.40. The van der Waals surface area contributed by atoms with E-state index >= 15 is 0 Å². The van der Waals surface area contributed by atoms with E-state index in [1.165, 1.54) is 0 Å². The summed E-state index contributed by atoms with van der Waals surface area (Å²) in [6.45, 7) is 7.84. The van der Waals surface area contributed by atoms with Crippen molar-refractivity contribution in [3.05, 3.63) is 24.5 Å². The van der Waals surface area contributed by atoms with Gasteiger partial charge in [0.05, 0.1) is 13.2 Å². The molecule has 2 atom stereocenters. The molecule has 0 bridgehead atoms. The third kappa shape index (κ3) is 3.63. The minimum absolute atomic E-state index is 0.238. The van der Waals surface area contributed by atoms with Crippen LogP contribution in [0.4, 0.5) is 0 Å². The fourth-order valence-electron chi connectivity index (χ4n) is 4.98. The topological polar surface area (TPSA) is 37.7 Å². The highest BCUT2D eigenvalue weighted by Gasteiger charge is 2.39. The molecule has 138 valence electrons. The van der Waals surface area contributed by atoms with Gasteiger partial charge in [-0.1, -0.05) is 6.92 Å². The van der Waals surface area contributed by atoms with Crippen LogP contribution in [0, 0.1) is 11.8 Å². The number of amides is 1. The molecule has 25 heavy (non-hydrogen) atoms. The van der Waals surface area contributed by atoms with Gasteiger partial charge in [0.25, 0.3) is 0 Å². The van der Waals surface area contributed by atoms with E-state index in [2.05, 4.69) is 45.8 Å². The number of rotatable bonds is 3. The van der Waals surface area contributed by atoms with Gasteiger partial charge in [-0.05, 0) is 43.7 Å². The number of nitrogens with zero attached hydrogens (tertiary/aromatic N) is 3. The van der Waals surface area contributed by atoms with Gasteiger partial charge in [0.2, 0.25) is 5.91 Å². The van der Waals surface area contributed by atoms with Gasteiger partial charge in [0.15, 0.2) is 0 Å². The van der Waals surface area contributed by atoms with Crippen LogP contribution in [-0.2, 0) is 9.53 Å². The van der Waals surface area contributed by atoms with E-state index in [1.54, 1.807) is 0 Å². The number of carbonyl (C=O) groups is 1. The Morgan fingerprint density at radius 2 is 1.68 bits per heavy atom. The number of aromatic nitrogens is 1. The fourth-order valence-corrected chi connectivity index (χ4v) is 4.98. The summed E-state index contributed by atoms with van der Waals surface area (Å²) in [5.41, 5.74) is 0. The van der Waals surface area contributed by atoms with E-state index in [0.29, 0.717) is 23.9 Å².